The lowest BCUT2D eigenvalue weighted by atomic mass is 10.7. The summed E-state index contributed by atoms with van der Waals surface area (Å²) in [5, 5.41) is 0. The highest BCUT2D eigenvalue weighted by Crippen LogP contribution is 2.25. The molecule has 0 aliphatic rings. The van der Waals surface area contributed by atoms with Crippen LogP contribution >= 0.6 is 23.2 Å². The van der Waals surface area contributed by atoms with Crippen LogP contribution in [0.3, 0.4) is 0 Å². The van der Waals surface area contributed by atoms with E-state index in [1.807, 2.05) is 0 Å². The maximum absolute atomic E-state index is 11.8. The van der Waals surface area contributed by atoms with Crippen molar-refractivity contribution in [1.82, 2.24) is 0 Å². The smallest absolute Gasteiger partial charge is 0.321 e. The summed E-state index contributed by atoms with van der Waals surface area (Å²) < 4.78 is 76.7. The molecule has 0 amide bonds. The van der Waals surface area contributed by atoms with Gasteiger partial charge in [0.1, 0.15) is 0 Å². The first-order valence-electron chi connectivity index (χ1n) is 4.02. The summed E-state index contributed by atoms with van der Waals surface area (Å²) in [4.78, 5) is 0. The molecule has 0 radical (unpaired) electrons. The van der Waals surface area contributed by atoms with Gasteiger partial charge in [0.15, 0.2) is 0 Å². The standard InChI is InChI=1S/C4H6ClF3O.C3H4ClF3O/c1-2-9-4(7,8)3(5)6;1-8-3(6,7)2(4)5/h3H,2H2,1H3;2H,1H3. The van der Waals surface area contributed by atoms with Crippen LogP contribution in [0.15, 0.2) is 0 Å². The van der Waals surface area contributed by atoms with Gasteiger partial charge < -0.3 is 9.47 Å². The van der Waals surface area contributed by atoms with Crippen molar-refractivity contribution in [3.63, 3.8) is 0 Å². The van der Waals surface area contributed by atoms with Crippen LogP contribution in [0.2, 0.25) is 0 Å². The van der Waals surface area contributed by atoms with Gasteiger partial charge in [-0.25, -0.2) is 8.78 Å². The third-order valence-electron chi connectivity index (χ3n) is 1.12. The number of rotatable bonds is 5. The van der Waals surface area contributed by atoms with E-state index in [0.29, 0.717) is 7.11 Å². The van der Waals surface area contributed by atoms with Crippen molar-refractivity contribution < 1.29 is 35.8 Å². The van der Waals surface area contributed by atoms with E-state index in [-0.39, 0.29) is 6.61 Å². The zero-order valence-electron chi connectivity index (χ0n) is 8.70. The lowest BCUT2D eigenvalue weighted by Crippen LogP contribution is -2.29. The van der Waals surface area contributed by atoms with Gasteiger partial charge in [0, 0.05) is 7.11 Å². The van der Waals surface area contributed by atoms with Crippen molar-refractivity contribution in [2.45, 2.75) is 30.4 Å². The highest BCUT2D eigenvalue weighted by Gasteiger charge is 2.39. The van der Waals surface area contributed by atoms with E-state index in [1.165, 1.54) is 6.92 Å². The maximum Gasteiger partial charge on any atom is 0.400 e. The van der Waals surface area contributed by atoms with Gasteiger partial charge in [-0.2, -0.15) is 17.6 Å². The fourth-order valence-corrected chi connectivity index (χ4v) is 0.497. The third-order valence-corrected chi connectivity index (χ3v) is 1.63. The minimum absolute atomic E-state index is 0.264. The predicted molar refractivity (Wildman–Crippen MR) is 50.0 cm³/mol. The fraction of sp³-hybridized carbons (Fsp3) is 1.00. The Kier molecular flexibility index (Phi) is 9.40. The molecule has 0 N–H and O–H groups in total. The monoisotopic (exact) mass is 310 g/mol. The Hall–Kier alpha value is 0.0800. The molecule has 0 aromatic carbocycles. The Bertz CT molecular complexity index is 203. The number of halogens is 8. The molecule has 17 heavy (non-hydrogen) atoms. The molecule has 0 heterocycles. The summed E-state index contributed by atoms with van der Waals surface area (Å²) >= 11 is 8.73. The molecule has 0 fully saturated rings. The molecule has 0 bridgehead atoms. The minimum Gasteiger partial charge on any atom is -0.321 e. The summed E-state index contributed by atoms with van der Waals surface area (Å²) in [6.07, 6.45) is -7.71. The second-order valence-corrected chi connectivity index (χ2v) is 3.13. The quantitative estimate of drug-likeness (QED) is 0.566. The van der Waals surface area contributed by atoms with Crippen LogP contribution < -0.4 is 0 Å². The van der Waals surface area contributed by atoms with Crippen molar-refractivity contribution >= 4 is 23.2 Å². The number of methoxy groups -OCH3 is 1. The van der Waals surface area contributed by atoms with Crippen molar-refractivity contribution in [2.24, 2.45) is 0 Å². The van der Waals surface area contributed by atoms with E-state index in [9.17, 15) is 26.3 Å². The van der Waals surface area contributed by atoms with Crippen LogP contribution in [0.5, 0.6) is 0 Å². The van der Waals surface area contributed by atoms with Crippen molar-refractivity contribution in [3.05, 3.63) is 0 Å². The molecule has 0 spiro atoms. The zero-order chi connectivity index (χ0) is 14.3. The van der Waals surface area contributed by atoms with Gasteiger partial charge in [0.25, 0.3) is 11.3 Å². The molecular formula is C7H10Cl2F6O2. The molecule has 0 saturated heterocycles. The third kappa shape index (κ3) is 8.76. The summed E-state index contributed by atoms with van der Waals surface area (Å²) in [5.74, 6) is 0. The normalized spacial score (nSPS) is 15.9. The van der Waals surface area contributed by atoms with E-state index in [0.717, 1.165) is 0 Å². The molecule has 0 aromatic rings. The average Bonchev–Trinajstić information content (AvgIpc) is 2.18. The van der Waals surface area contributed by atoms with Gasteiger partial charge in [-0.15, -0.1) is 0 Å². The van der Waals surface area contributed by atoms with Crippen LogP contribution in [0, 0.1) is 0 Å². The molecule has 0 aliphatic carbocycles. The van der Waals surface area contributed by atoms with Crippen LogP contribution in [-0.4, -0.2) is 37.2 Å². The van der Waals surface area contributed by atoms with E-state index in [1.54, 1.807) is 0 Å². The molecule has 0 rings (SSSR count). The largest absolute Gasteiger partial charge is 0.400 e. The van der Waals surface area contributed by atoms with E-state index < -0.39 is 23.5 Å². The van der Waals surface area contributed by atoms with Crippen LogP contribution in [0.1, 0.15) is 6.92 Å². The van der Waals surface area contributed by atoms with Gasteiger partial charge in [0.05, 0.1) is 6.61 Å². The molecule has 2 atom stereocenters. The van der Waals surface area contributed by atoms with Gasteiger partial charge in [-0.1, -0.05) is 23.2 Å². The first-order chi connectivity index (χ1) is 7.51. The first kappa shape index (κ1) is 19.4. The van der Waals surface area contributed by atoms with Gasteiger partial charge in [-0.3, -0.25) is 0 Å². The molecule has 0 aromatic heterocycles. The molecular weight excluding hydrogens is 301 g/mol. The topological polar surface area (TPSA) is 18.5 Å². The number of ether oxygens (including phenoxy) is 2. The maximum atomic E-state index is 11.8. The van der Waals surface area contributed by atoms with Crippen LogP contribution in [0.25, 0.3) is 0 Å². The van der Waals surface area contributed by atoms with Crippen LogP contribution in [0.4, 0.5) is 26.3 Å². The zero-order valence-corrected chi connectivity index (χ0v) is 10.2. The Morgan fingerprint density at radius 3 is 1.41 bits per heavy atom. The SMILES string of the molecule is CCOC(F)(F)C(F)Cl.COC(F)(F)C(F)Cl. The van der Waals surface area contributed by atoms with Crippen LogP contribution in [-0.2, 0) is 9.47 Å². The molecule has 0 aliphatic heterocycles. The van der Waals surface area contributed by atoms with Crippen molar-refractivity contribution in [3.8, 4) is 0 Å². The van der Waals surface area contributed by atoms with E-state index in [2.05, 4.69) is 32.7 Å². The summed E-state index contributed by atoms with van der Waals surface area (Å²) in [7, 11) is 0.676. The second-order valence-electron chi connectivity index (χ2n) is 2.36. The Morgan fingerprint density at radius 2 is 1.35 bits per heavy atom. The second kappa shape index (κ2) is 8.23. The highest BCUT2D eigenvalue weighted by molar-refractivity contribution is 6.20. The predicted octanol–water partition coefficient (Wildman–Crippen LogP) is 3.91. The molecule has 106 valence electrons. The Morgan fingerprint density at radius 1 is 1.00 bits per heavy atom. The van der Waals surface area contributed by atoms with Gasteiger partial charge in [0.2, 0.25) is 0 Å². The average molecular weight is 311 g/mol. The molecule has 10 heteroatoms. The summed E-state index contributed by atoms with van der Waals surface area (Å²) in [6.45, 7) is 1.06. The lowest BCUT2D eigenvalue weighted by Gasteiger charge is -2.14. The van der Waals surface area contributed by atoms with E-state index in [4.69, 9.17) is 0 Å². The highest BCUT2D eigenvalue weighted by atomic mass is 35.5. The lowest BCUT2D eigenvalue weighted by molar-refractivity contribution is -0.253. The van der Waals surface area contributed by atoms with Gasteiger partial charge in [-0.05, 0) is 6.92 Å². The summed E-state index contributed by atoms with van der Waals surface area (Å²) in [6, 6.07) is 0. The molecule has 0 saturated carbocycles. The first-order valence-corrected chi connectivity index (χ1v) is 4.89. The fourth-order valence-electron chi connectivity index (χ4n) is 0.345. The molecule has 2 nitrogen and oxygen atoms in total. The van der Waals surface area contributed by atoms with Gasteiger partial charge >= 0.3 is 12.2 Å². The number of alkyl halides is 8. The Labute approximate surface area is 104 Å². The van der Waals surface area contributed by atoms with Crippen molar-refractivity contribution in [1.29, 1.82) is 0 Å². The number of hydrogen-bond donors (Lipinski definition) is 0. The van der Waals surface area contributed by atoms with Crippen molar-refractivity contribution in [2.75, 3.05) is 13.7 Å². The molecule has 2 unspecified atom stereocenters. The minimum atomic E-state index is -3.86. The Balaban J connectivity index is 0. The number of hydrogen-bond acceptors (Lipinski definition) is 2. The summed E-state index contributed by atoms with van der Waals surface area (Å²) in [5.41, 5.74) is -5.54. The van der Waals surface area contributed by atoms with E-state index >= 15 is 0 Å².